The second kappa shape index (κ2) is 9.49. The average Bonchev–Trinajstić information content (AvgIpc) is 2.91. The molecule has 136 valence electrons. The third kappa shape index (κ3) is 5.53. The van der Waals surface area contributed by atoms with Gasteiger partial charge in [0, 0.05) is 32.1 Å². The molecule has 0 saturated carbocycles. The SMILES string of the molecule is CCNC(=NCC(C)c1ccccc1OC)N1CCC(C)(C)C1.I. The fourth-order valence-corrected chi connectivity index (χ4v) is 3.11. The lowest BCUT2D eigenvalue weighted by molar-refractivity contribution is 0.370. The van der Waals surface area contributed by atoms with Crippen LogP contribution in [0.25, 0.3) is 0 Å². The minimum atomic E-state index is 0. The fourth-order valence-electron chi connectivity index (χ4n) is 3.11. The molecule has 1 N–H and O–H groups in total. The Bertz CT molecular complexity index is 545. The lowest BCUT2D eigenvalue weighted by Gasteiger charge is -2.24. The van der Waals surface area contributed by atoms with Crippen LogP contribution in [0.15, 0.2) is 29.3 Å². The fraction of sp³-hybridized carbons (Fsp3) is 0.632. The molecule has 2 rings (SSSR count). The standard InChI is InChI=1S/C19H31N3O.HI/c1-6-20-18(22-12-11-19(3,4)14-22)21-13-15(2)16-9-7-8-10-17(16)23-5;/h7-10,15H,6,11-14H2,1-5H3,(H,20,21);1H. The van der Waals surface area contributed by atoms with Crippen molar-refractivity contribution in [3.63, 3.8) is 0 Å². The molecule has 1 fully saturated rings. The Kier molecular flexibility index (Phi) is 8.33. The molecule has 1 aliphatic rings. The van der Waals surface area contributed by atoms with Gasteiger partial charge in [-0.15, -0.1) is 24.0 Å². The molecule has 0 radical (unpaired) electrons. The summed E-state index contributed by atoms with van der Waals surface area (Å²) in [5.74, 6) is 2.32. The number of likely N-dealkylation sites (tertiary alicyclic amines) is 1. The molecule has 1 atom stereocenters. The maximum atomic E-state index is 5.47. The molecule has 5 heteroatoms. The molecule has 1 aliphatic heterocycles. The maximum Gasteiger partial charge on any atom is 0.193 e. The van der Waals surface area contributed by atoms with Crippen LogP contribution in [0, 0.1) is 5.41 Å². The summed E-state index contributed by atoms with van der Waals surface area (Å²) in [4.78, 5) is 7.28. The van der Waals surface area contributed by atoms with Crippen LogP contribution in [0.1, 0.15) is 45.6 Å². The molecule has 1 heterocycles. The molecule has 1 aromatic rings. The summed E-state index contributed by atoms with van der Waals surface area (Å²) < 4.78 is 5.47. The first-order chi connectivity index (χ1) is 11.0. The normalized spacial score (nSPS) is 18.0. The van der Waals surface area contributed by atoms with E-state index in [9.17, 15) is 0 Å². The maximum absolute atomic E-state index is 5.47. The van der Waals surface area contributed by atoms with Crippen LogP contribution in [0.2, 0.25) is 0 Å². The molecular formula is C19H32IN3O. The number of hydrogen-bond donors (Lipinski definition) is 1. The van der Waals surface area contributed by atoms with Crippen molar-refractivity contribution in [2.45, 2.75) is 40.0 Å². The van der Waals surface area contributed by atoms with Crippen molar-refractivity contribution in [3.8, 4) is 5.75 Å². The molecule has 4 nitrogen and oxygen atoms in total. The molecule has 0 aliphatic carbocycles. The summed E-state index contributed by atoms with van der Waals surface area (Å²) in [7, 11) is 1.73. The molecule has 1 saturated heterocycles. The van der Waals surface area contributed by atoms with Crippen molar-refractivity contribution in [3.05, 3.63) is 29.8 Å². The van der Waals surface area contributed by atoms with Gasteiger partial charge in [-0.05, 0) is 30.4 Å². The Balaban J connectivity index is 0.00000288. The molecule has 0 bridgehead atoms. The number of methoxy groups -OCH3 is 1. The Morgan fingerprint density at radius 2 is 2.08 bits per heavy atom. The Morgan fingerprint density at radius 3 is 2.67 bits per heavy atom. The third-order valence-electron chi connectivity index (χ3n) is 4.50. The molecule has 24 heavy (non-hydrogen) atoms. The highest BCUT2D eigenvalue weighted by atomic mass is 127. The summed E-state index contributed by atoms with van der Waals surface area (Å²) in [5, 5.41) is 3.44. The summed E-state index contributed by atoms with van der Waals surface area (Å²) in [6.45, 7) is 12.8. The zero-order valence-electron chi connectivity index (χ0n) is 15.6. The van der Waals surface area contributed by atoms with Gasteiger partial charge >= 0.3 is 0 Å². The first kappa shape index (κ1) is 21.1. The molecule has 0 amide bonds. The number of nitrogens with one attached hydrogen (secondary N) is 1. The van der Waals surface area contributed by atoms with Crippen LogP contribution in [-0.4, -0.2) is 44.1 Å². The number of hydrogen-bond acceptors (Lipinski definition) is 2. The van der Waals surface area contributed by atoms with E-state index < -0.39 is 0 Å². The van der Waals surface area contributed by atoms with Crippen molar-refractivity contribution in [1.82, 2.24) is 10.2 Å². The van der Waals surface area contributed by atoms with Gasteiger partial charge in [0.25, 0.3) is 0 Å². The van der Waals surface area contributed by atoms with Gasteiger partial charge in [-0.2, -0.15) is 0 Å². The highest BCUT2D eigenvalue weighted by molar-refractivity contribution is 14.0. The second-order valence-electron chi connectivity index (χ2n) is 7.17. The monoisotopic (exact) mass is 445 g/mol. The molecule has 1 unspecified atom stereocenters. The van der Waals surface area contributed by atoms with E-state index in [1.165, 1.54) is 12.0 Å². The largest absolute Gasteiger partial charge is 0.496 e. The average molecular weight is 445 g/mol. The first-order valence-electron chi connectivity index (χ1n) is 8.63. The number of benzene rings is 1. The topological polar surface area (TPSA) is 36.9 Å². The van der Waals surface area contributed by atoms with Gasteiger partial charge in [0.1, 0.15) is 5.75 Å². The minimum absolute atomic E-state index is 0. The van der Waals surface area contributed by atoms with Gasteiger partial charge in [-0.3, -0.25) is 4.99 Å². The summed E-state index contributed by atoms with van der Waals surface area (Å²) >= 11 is 0. The number of ether oxygens (including phenoxy) is 1. The van der Waals surface area contributed by atoms with Crippen molar-refractivity contribution in [2.24, 2.45) is 10.4 Å². The van der Waals surface area contributed by atoms with E-state index >= 15 is 0 Å². The van der Waals surface area contributed by atoms with Gasteiger partial charge in [0.2, 0.25) is 0 Å². The number of rotatable bonds is 5. The van der Waals surface area contributed by atoms with Crippen molar-refractivity contribution >= 4 is 29.9 Å². The van der Waals surface area contributed by atoms with Gasteiger partial charge in [0.05, 0.1) is 7.11 Å². The molecule has 1 aromatic carbocycles. The van der Waals surface area contributed by atoms with Crippen LogP contribution in [-0.2, 0) is 0 Å². The number of guanidine groups is 1. The van der Waals surface area contributed by atoms with Gasteiger partial charge in [-0.25, -0.2) is 0 Å². The number of halogens is 1. The lowest BCUT2D eigenvalue weighted by atomic mass is 9.93. The quantitative estimate of drug-likeness (QED) is 0.421. The second-order valence-corrected chi connectivity index (χ2v) is 7.17. The predicted molar refractivity (Wildman–Crippen MR) is 113 cm³/mol. The Morgan fingerprint density at radius 1 is 1.38 bits per heavy atom. The van der Waals surface area contributed by atoms with Crippen LogP contribution in [0.3, 0.4) is 0 Å². The van der Waals surface area contributed by atoms with Crippen molar-refractivity contribution in [1.29, 1.82) is 0 Å². The van der Waals surface area contributed by atoms with E-state index in [1.54, 1.807) is 7.11 Å². The molecule has 0 aromatic heterocycles. The van der Waals surface area contributed by atoms with Gasteiger partial charge < -0.3 is 15.0 Å². The van der Waals surface area contributed by atoms with Gasteiger partial charge in [-0.1, -0.05) is 39.0 Å². The molecular weight excluding hydrogens is 413 g/mol. The highest BCUT2D eigenvalue weighted by Crippen LogP contribution is 2.29. The van der Waals surface area contributed by atoms with Crippen LogP contribution in [0.4, 0.5) is 0 Å². The highest BCUT2D eigenvalue weighted by Gasteiger charge is 2.30. The van der Waals surface area contributed by atoms with Gasteiger partial charge in [0.15, 0.2) is 5.96 Å². The zero-order valence-corrected chi connectivity index (χ0v) is 18.0. The van der Waals surface area contributed by atoms with E-state index in [0.717, 1.165) is 37.9 Å². The van der Waals surface area contributed by atoms with E-state index in [0.29, 0.717) is 11.3 Å². The number of nitrogens with zero attached hydrogens (tertiary/aromatic N) is 2. The summed E-state index contributed by atoms with van der Waals surface area (Å²) in [5.41, 5.74) is 1.60. The number of para-hydroxylation sites is 1. The first-order valence-corrected chi connectivity index (χ1v) is 8.63. The summed E-state index contributed by atoms with van der Waals surface area (Å²) in [6, 6.07) is 8.22. The van der Waals surface area contributed by atoms with E-state index in [4.69, 9.17) is 9.73 Å². The Labute approximate surface area is 164 Å². The van der Waals surface area contributed by atoms with Crippen LogP contribution < -0.4 is 10.1 Å². The lowest BCUT2D eigenvalue weighted by Crippen LogP contribution is -2.41. The van der Waals surface area contributed by atoms with Crippen molar-refractivity contribution in [2.75, 3.05) is 33.3 Å². The van der Waals surface area contributed by atoms with Crippen LogP contribution in [0.5, 0.6) is 5.75 Å². The van der Waals surface area contributed by atoms with E-state index in [1.807, 2.05) is 12.1 Å². The zero-order chi connectivity index (χ0) is 16.9. The Hall–Kier alpha value is -0.980. The van der Waals surface area contributed by atoms with E-state index in [2.05, 4.69) is 50.0 Å². The third-order valence-corrected chi connectivity index (χ3v) is 4.50. The smallest absolute Gasteiger partial charge is 0.193 e. The minimum Gasteiger partial charge on any atom is -0.496 e. The predicted octanol–water partition coefficient (Wildman–Crippen LogP) is 4.11. The molecule has 0 spiro atoms. The summed E-state index contributed by atoms with van der Waals surface area (Å²) in [6.07, 6.45) is 1.22. The van der Waals surface area contributed by atoms with Crippen molar-refractivity contribution < 1.29 is 4.74 Å². The van der Waals surface area contributed by atoms with E-state index in [-0.39, 0.29) is 24.0 Å². The number of aliphatic imine (C=N–C) groups is 1. The van der Waals surface area contributed by atoms with Crippen LogP contribution >= 0.6 is 24.0 Å².